The van der Waals surface area contributed by atoms with Crippen LogP contribution in [0.25, 0.3) is 11.0 Å². The standard InChI is InChI=1S/C12H17FN4/c1-2-6-15-12-16-10-8-9(13)3-4-11(10)17(12)7-5-14/h3-4,8H,2,5-7,14H2,1H3,(H,15,16). The SMILES string of the molecule is CCCNc1nc2cc(F)ccc2n1CCN. The molecule has 17 heavy (non-hydrogen) atoms. The molecule has 1 aromatic carbocycles. The number of hydrogen-bond acceptors (Lipinski definition) is 3. The van der Waals surface area contributed by atoms with Gasteiger partial charge in [-0.3, -0.25) is 0 Å². The molecule has 4 nitrogen and oxygen atoms in total. The lowest BCUT2D eigenvalue weighted by Gasteiger charge is -2.08. The molecule has 0 unspecified atom stereocenters. The number of imidazole rings is 1. The van der Waals surface area contributed by atoms with Gasteiger partial charge in [-0.25, -0.2) is 9.37 Å². The molecule has 0 fully saturated rings. The van der Waals surface area contributed by atoms with Crippen LogP contribution in [0.5, 0.6) is 0 Å². The van der Waals surface area contributed by atoms with Gasteiger partial charge in [0.05, 0.1) is 11.0 Å². The van der Waals surface area contributed by atoms with Crippen LogP contribution in [0.3, 0.4) is 0 Å². The molecule has 92 valence electrons. The highest BCUT2D eigenvalue weighted by atomic mass is 19.1. The van der Waals surface area contributed by atoms with Crippen LogP contribution in [0.2, 0.25) is 0 Å². The van der Waals surface area contributed by atoms with Crippen LogP contribution in [0.1, 0.15) is 13.3 Å². The third-order valence-electron chi connectivity index (χ3n) is 2.60. The highest BCUT2D eigenvalue weighted by Crippen LogP contribution is 2.20. The van der Waals surface area contributed by atoms with E-state index in [2.05, 4.69) is 17.2 Å². The molecule has 1 heterocycles. The zero-order valence-corrected chi connectivity index (χ0v) is 9.91. The van der Waals surface area contributed by atoms with Crippen molar-refractivity contribution in [2.45, 2.75) is 19.9 Å². The molecular formula is C12H17FN4. The zero-order chi connectivity index (χ0) is 12.3. The molecule has 1 aromatic heterocycles. The van der Waals surface area contributed by atoms with Crippen molar-refractivity contribution < 1.29 is 4.39 Å². The number of aromatic nitrogens is 2. The first-order valence-corrected chi connectivity index (χ1v) is 5.86. The van der Waals surface area contributed by atoms with Gasteiger partial charge in [-0.2, -0.15) is 0 Å². The number of hydrogen-bond donors (Lipinski definition) is 2. The van der Waals surface area contributed by atoms with Crippen LogP contribution < -0.4 is 11.1 Å². The Kier molecular flexibility index (Phi) is 3.58. The van der Waals surface area contributed by atoms with Gasteiger partial charge in [-0.05, 0) is 18.6 Å². The normalized spacial score (nSPS) is 11.0. The lowest BCUT2D eigenvalue weighted by molar-refractivity contribution is 0.629. The second kappa shape index (κ2) is 5.14. The summed E-state index contributed by atoms with van der Waals surface area (Å²) in [6, 6.07) is 4.63. The van der Waals surface area contributed by atoms with E-state index in [0.29, 0.717) is 18.6 Å². The van der Waals surface area contributed by atoms with Gasteiger partial charge in [0.15, 0.2) is 0 Å². The third-order valence-corrected chi connectivity index (χ3v) is 2.60. The molecule has 0 aliphatic carbocycles. The summed E-state index contributed by atoms with van der Waals surface area (Å²) in [6.07, 6.45) is 1.01. The topological polar surface area (TPSA) is 55.9 Å². The van der Waals surface area contributed by atoms with E-state index < -0.39 is 0 Å². The molecule has 0 atom stereocenters. The first-order valence-electron chi connectivity index (χ1n) is 5.86. The number of halogens is 1. The molecule has 0 amide bonds. The minimum atomic E-state index is -0.267. The summed E-state index contributed by atoms with van der Waals surface area (Å²) in [4.78, 5) is 4.39. The van der Waals surface area contributed by atoms with E-state index in [1.807, 2.05) is 4.57 Å². The summed E-state index contributed by atoms with van der Waals surface area (Å²) < 4.78 is 15.1. The maximum absolute atomic E-state index is 13.1. The lowest BCUT2D eigenvalue weighted by Crippen LogP contribution is -2.14. The first-order chi connectivity index (χ1) is 8.26. The largest absolute Gasteiger partial charge is 0.356 e. The van der Waals surface area contributed by atoms with Gasteiger partial charge in [0, 0.05) is 25.7 Å². The van der Waals surface area contributed by atoms with Gasteiger partial charge in [0.25, 0.3) is 0 Å². The molecule has 0 aliphatic rings. The minimum Gasteiger partial charge on any atom is -0.356 e. The highest BCUT2D eigenvalue weighted by Gasteiger charge is 2.09. The number of anilines is 1. The average molecular weight is 236 g/mol. The summed E-state index contributed by atoms with van der Waals surface area (Å²) in [5.41, 5.74) is 7.16. The molecule has 2 aromatic rings. The van der Waals surface area contributed by atoms with Crippen molar-refractivity contribution in [2.24, 2.45) is 5.73 Å². The van der Waals surface area contributed by atoms with Gasteiger partial charge >= 0.3 is 0 Å². The fraction of sp³-hybridized carbons (Fsp3) is 0.417. The second-order valence-electron chi connectivity index (χ2n) is 3.94. The van der Waals surface area contributed by atoms with E-state index in [1.54, 1.807) is 6.07 Å². The van der Waals surface area contributed by atoms with Gasteiger partial charge in [0.2, 0.25) is 5.95 Å². The van der Waals surface area contributed by atoms with E-state index in [0.717, 1.165) is 24.4 Å². The summed E-state index contributed by atoms with van der Waals surface area (Å²) in [7, 11) is 0. The van der Waals surface area contributed by atoms with Gasteiger partial charge in [-0.1, -0.05) is 6.92 Å². The van der Waals surface area contributed by atoms with Crippen molar-refractivity contribution in [1.82, 2.24) is 9.55 Å². The Balaban J connectivity index is 2.45. The van der Waals surface area contributed by atoms with E-state index in [1.165, 1.54) is 12.1 Å². The number of nitrogens with two attached hydrogens (primary N) is 1. The molecule has 2 rings (SSSR count). The number of rotatable bonds is 5. The van der Waals surface area contributed by atoms with Crippen molar-refractivity contribution in [3.8, 4) is 0 Å². The van der Waals surface area contributed by atoms with Crippen LogP contribution in [-0.4, -0.2) is 22.6 Å². The summed E-state index contributed by atoms with van der Waals surface area (Å²) in [6.45, 7) is 4.14. The molecule has 3 N–H and O–H groups in total. The second-order valence-corrected chi connectivity index (χ2v) is 3.94. The molecular weight excluding hydrogens is 219 g/mol. The van der Waals surface area contributed by atoms with E-state index in [9.17, 15) is 4.39 Å². The van der Waals surface area contributed by atoms with Crippen LogP contribution in [-0.2, 0) is 6.54 Å². The number of nitrogens with one attached hydrogen (secondary N) is 1. The maximum atomic E-state index is 13.1. The molecule has 0 aliphatic heterocycles. The average Bonchev–Trinajstić information content (AvgIpc) is 2.64. The molecule has 0 spiro atoms. The third kappa shape index (κ3) is 2.39. The quantitative estimate of drug-likeness (QED) is 0.834. The smallest absolute Gasteiger partial charge is 0.203 e. The highest BCUT2D eigenvalue weighted by molar-refractivity contribution is 5.78. The van der Waals surface area contributed by atoms with E-state index in [-0.39, 0.29) is 5.82 Å². The summed E-state index contributed by atoms with van der Waals surface area (Å²) in [5, 5.41) is 3.23. The molecule has 0 radical (unpaired) electrons. The van der Waals surface area contributed by atoms with Crippen LogP contribution >= 0.6 is 0 Å². The molecule has 0 saturated heterocycles. The number of fused-ring (bicyclic) bond motifs is 1. The van der Waals surface area contributed by atoms with Crippen molar-refractivity contribution in [3.05, 3.63) is 24.0 Å². The Morgan fingerprint density at radius 1 is 1.47 bits per heavy atom. The Labute approximate surface area is 99.6 Å². The van der Waals surface area contributed by atoms with E-state index in [4.69, 9.17) is 5.73 Å². The van der Waals surface area contributed by atoms with Crippen molar-refractivity contribution in [3.63, 3.8) is 0 Å². The summed E-state index contributed by atoms with van der Waals surface area (Å²) in [5.74, 6) is 0.495. The van der Waals surface area contributed by atoms with Crippen LogP contribution in [0.15, 0.2) is 18.2 Å². The fourth-order valence-corrected chi connectivity index (χ4v) is 1.83. The van der Waals surface area contributed by atoms with Gasteiger partial charge in [-0.15, -0.1) is 0 Å². The predicted octanol–water partition coefficient (Wildman–Crippen LogP) is 1.96. The van der Waals surface area contributed by atoms with Gasteiger partial charge in [0.1, 0.15) is 5.82 Å². The Morgan fingerprint density at radius 2 is 2.29 bits per heavy atom. The molecule has 0 bridgehead atoms. The fourth-order valence-electron chi connectivity index (χ4n) is 1.83. The minimum absolute atomic E-state index is 0.267. The Morgan fingerprint density at radius 3 is 3.00 bits per heavy atom. The monoisotopic (exact) mass is 236 g/mol. The molecule has 5 heteroatoms. The number of benzene rings is 1. The maximum Gasteiger partial charge on any atom is 0.203 e. The molecule has 0 saturated carbocycles. The Bertz CT molecular complexity index is 506. The van der Waals surface area contributed by atoms with Crippen LogP contribution in [0.4, 0.5) is 10.3 Å². The summed E-state index contributed by atoms with van der Waals surface area (Å²) >= 11 is 0. The number of nitrogens with zero attached hydrogens (tertiary/aromatic N) is 2. The lowest BCUT2D eigenvalue weighted by atomic mass is 10.3. The van der Waals surface area contributed by atoms with E-state index >= 15 is 0 Å². The zero-order valence-electron chi connectivity index (χ0n) is 9.91. The van der Waals surface area contributed by atoms with Crippen molar-refractivity contribution in [2.75, 3.05) is 18.4 Å². The Hall–Kier alpha value is -1.62. The van der Waals surface area contributed by atoms with Crippen molar-refractivity contribution >= 4 is 17.0 Å². The predicted molar refractivity (Wildman–Crippen MR) is 67.5 cm³/mol. The van der Waals surface area contributed by atoms with Crippen LogP contribution in [0, 0.1) is 5.82 Å². The van der Waals surface area contributed by atoms with Crippen molar-refractivity contribution in [1.29, 1.82) is 0 Å². The first kappa shape index (κ1) is 11.9. The van der Waals surface area contributed by atoms with Gasteiger partial charge < -0.3 is 15.6 Å².